The Hall–Kier alpha value is -0.920. The maximum Gasteiger partial charge on any atom is 0.190 e. The molecule has 0 bridgehead atoms. The lowest BCUT2D eigenvalue weighted by atomic mass is 10.1. The highest BCUT2D eigenvalue weighted by Crippen LogP contribution is 2.04. The van der Waals surface area contributed by atoms with E-state index < -0.39 is 0 Å². The van der Waals surface area contributed by atoms with E-state index >= 15 is 0 Å². The monoisotopic (exact) mass is 138 g/mol. The van der Waals surface area contributed by atoms with Crippen LogP contribution < -0.4 is 5.43 Å². The molecular weight excluding hydrogens is 128 g/mol. The maximum absolute atomic E-state index is 10.9. The standard InChI is InChI=1S/C8H10O2/c1-2-3-4-7(9)6-5-8(6)10/h5H,2-4H2,1H3. The highest BCUT2D eigenvalue weighted by Gasteiger charge is 2.15. The van der Waals surface area contributed by atoms with E-state index in [0.717, 1.165) is 12.8 Å². The summed E-state index contributed by atoms with van der Waals surface area (Å²) in [4.78, 5) is 21.3. The molecule has 54 valence electrons. The summed E-state index contributed by atoms with van der Waals surface area (Å²) in [7, 11) is 0. The van der Waals surface area contributed by atoms with Crippen LogP contribution in [0.1, 0.15) is 36.5 Å². The molecule has 0 saturated carbocycles. The van der Waals surface area contributed by atoms with Crippen LogP contribution in [0, 0.1) is 0 Å². The first-order valence-electron chi connectivity index (χ1n) is 3.55. The van der Waals surface area contributed by atoms with Crippen molar-refractivity contribution in [3.05, 3.63) is 21.9 Å². The first-order chi connectivity index (χ1) is 4.75. The van der Waals surface area contributed by atoms with Crippen LogP contribution in [0.5, 0.6) is 0 Å². The fourth-order valence-corrected chi connectivity index (χ4v) is 0.785. The van der Waals surface area contributed by atoms with Crippen LogP contribution in [0.15, 0.2) is 10.9 Å². The van der Waals surface area contributed by atoms with Crippen LogP contribution in [0.3, 0.4) is 0 Å². The lowest BCUT2D eigenvalue weighted by Gasteiger charge is -1.89. The summed E-state index contributed by atoms with van der Waals surface area (Å²) in [6.07, 6.45) is 2.44. The Kier molecular flexibility index (Phi) is 2.00. The molecule has 0 fully saturated rings. The summed E-state index contributed by atoms with van der Waals surface area (Å²) < 4.78 is 0. The van der Waals surface area contributed by atoms with E-state index in [1.165, 1.54) is 6.07 Å². The van der Waals surface area contributed by atoms with Gasteiger partial charge in [0, 0.05) is 12.5 Å². The van der Waals surface area contributed by atoms with E-state index in [1.807, 2.05) is 6.92 Å². The van der Waals surface area contributed by atoms with Gasteiger partial charge in [0.25, 0.3) is 0 Å². The second-order valence-corrected chi connectivity index (χ2v) is 2.45. The van der Waals surface area contributed by atoms with Gasteiger partial charge in [0.2, 0.25) is 0 Å². The Morgan fingerprint density at radius 1 is 1.60 bits per heavy atom. The lowest BCUT2D eigenvalue weighted by molar-refractivity contribution is 0.0983. The van der Waals surface area contributed by atoms with Crippen LogP contribution in [-0.4, -0.2) is 5.78 Å². The van der Waals surface area contributed by atoms with Gasteiger partial charge >= 0.3 is 0 Å². The van der Waals surface area contributed by atoms with Crippen molar-refractivity contribution in [2.75, 3.05) is 0 Å². The molecular formula is C8H10O2. The molecule has 2 nitrogen and oxygen atoms in total. The number of unbranched alkanes of at least 4 members (excludes halogenated alkanes) is 1. The number of ketones is 1. The highest BCUT2D eigenvalue weighted by atomic mass is 16.1. The summed E-state index contributed by atoms with van der Waals surface area (Å²) >= 11 is 0. The van der Waals surface area contributed by atoms with Crippen molar-refractivity contribution in [2.45, 2.75) is 26.2 Å². The van der Waals surface area contributed by atoms with Gasteiger partial charge in [-0.3, -0.25) is 9.59 Å². The van der Waals surface area contributed by atoms with E-state index in [4.69, 9.17) is 0 Å². The molecule has 0 radical (unpaired) electrons. The normalized spacial score (nSPS) is 10.5. The Morgan fingerprint density at radius 3 is 2.60 bits per heavy atom. The summed E-state index contributed by atoms with van der Waals surface area (Å²) in [6, 6.07) is 1.40. The quantitative estimate of drug-likeness (QED) is 0.587. The van der Waals surface area contributed by atoms with E-state index in [1.54, 1.807) is 0 Å². The number of hydrogen-bond donors (Lipinski definition) is 0. The third-order valence-corrected chi connectivity index (χ3v) is 1.52. The van der Waals surface area contributed by atoms with Crippen molar-refractivity contribution in [2.24, 2.45) is 0 Å². The minimum Gasteiger partial charge on any atom is -0.294 e. The van der Waals surface area contributed by atoms with Crippen LogP contribution in [0.4, 0.5) is 0 Å². The first kappa shape index (κ1) is 7.19. The minimum absolute atomic E-state index is 0.0202. The van der Waals surface area contributed by atoms with Crippen molar-refractivity contribution in [3.63, 3.8) is 0 Å². The Morgan fingerprint density at radius 2 is 2.20 bits per heavy atom. The third-order valence-electron chi connectivity index (χ3n) is 1.52. The van der Waals surface area contributed by atoms with Crippen molar-refractivity contribution in [3.8, 4) is 0 Å². The molecule has 0 unspecified atom stereocenters. The van der Waals surface area contributed by atoms with Crippen molar-refractivity contribution < 1.29 is 4.79 Å². The summed E-state index contributed by atoms with van der Waals surface area (Å²) in [5.74, 6) is 0.0202. The topological polar surface area (TPSA) is 34.1 Å². The van der Waals surface area contributed by atoms with E-state index in [-0.39, 0.29) is 11.2 Å². The number of carbonyl (C=O) groups excluding carboxylic acids is 1. The van der Waals surface area contributed by atoms with E-state index in [0.29, 0.717) is 12.0 Å². The highest BCUT2D eigenvalue weighted by molar-refractivity contribution is 5.98. The van der Waals surface area contributed by atoms with Gasteiger partial charge in [0.1, 0.15) is 0 Å². The molecule has 0 heterocycles. The van der Waals surface area contributed by atoms with E-state index in [9.17, 15) is 9.59 Å². The van der Waals surface area contributed by atoms with Gasteiger partial charge in [-0.05, 0) is 6.42 Å². The molecule has 0 aliphatic rings. The van der Waals surface area contributed by atoms with Gasteiger partial charge in [0.05, 0.1) is 5.56 Å². The van der Waals surface area contributed by atoms with Gasteiger partial charge in [-0.15, -0.1) is 0 Å². The second-order valence-electron chi connectivity index (χ2n) is 2.45. The minimum atomic E-state index is -0.0684. The number of Topliss-reactive ketones (excluding diaryl/α,β-unsaturated/α-hetero) is 1. The first-order valence-corrected chi connectivity index (χ1v) is 3.55. The number of carbonyl (C=O) groups is 1. The Bertz CT molecular complexity index is 241. The molecule has 1 rings (SSSR count). The molecule has 0 amide bonds. The average molecular weight is 138 g/mol. The largest absolute Gasteiger partial charge is 0.294 e. The maximum atomic E-state index is 10.9. The van der Waals surface area contributed by atoms with Gasteiger partial charge < -0.3 is 0 Å². The van der Waals surface area contributed by atoms with Gasteiger partial charge in [-0.2, -0.15) is 0 Å². The molecule has 1 aromatic rings. The molecule has 0 aliphatic heterocycles. The fourth-order valence-electron chi connectivity index (χ4n) is 0.785. The van der Waals surface area contributed by atoms with Crippen molar-refractivity contribution >= 4 is 5.78 Å². The summed E-state index contributed by atoms with van der Waals surface area (Å²) in [5.41, 5.74) is 0.356. The van der Waals surface area contributed by atoms with E-state index in [2.05, 4.69) is 0 Å². The Balaban J connectivity index is 2.32. The van der Waals surface area contributed by atoms with Crippen molar-refractivity contribution in [1.29, 1.82) is 0 Å². The number of rotatable bonds is 4. The zero-order valence-corrected chi connectivity index (χ0v) is 6.02. The molecule has 10 heavy (non-hydrogen) atoms. The molecule has 0 N–H and O–H groups in total. The van der Waals surface area contributed by atoms with Crippen LogP contribution >= 0.6 is 0 Å². The van der Waals surface area contributed by atoms with Crippen LogP contribution in [-0.2, 0) is 0 Å². The zero-order chi connectivity index (χ0) is 7.56. The molecule has 1 aromatic carbocycles. The predicted octanol–water partition coefficient (Wildman–Crippen LogP) is 1.30. The number of hydrogen-bond acceptors (Lipinski definition) is 2. The Labute approximate surface area is 59.5 Å². The van der Waals surface area contributed by atoms with Gasteiger partial charge in [-0.1, -0.05) is 13.3 Å². The van der Waals surface area contributed by atoms with Crippen LogP contribution in [0.25, 0.3) is 0 Å². The second kappa shape index (κ2) is 2.78. The zero-order valence-electron chi connectivity index (χ0n) is 6.02. The molecule has 0 atom stereocenters. The SMILES string of the molecule is CCCCC(=O)c1cc1=O. The molecule has 0 aromatic heterocycles. The third kappa shape index (κ3) is 1.53. The molecule has 0 spiro atoms. The molecule has 0 aliphatic carbocycles. The predicted molar refractivity (Wildman–Crippen MR) is 38.9 cm³/mol. The molecule has 2 heteroatoms. The van der Waals surface area contributed by atoms with Crippen molar-refractivity contribution in [1.82, 2.24) is 0 Å². The van der Waals surface area contributed by atoms with Gasteiger partial charge in [0.15, 0.2) is 11.2 Å². The smallest absolute Gasteiger partial charge is 0.190 e. The fraction of sp³-hybridized carbons (Fsp3) is 0.500. The average Bonchev–Trinajstić information content (AvgIpc) is 2.62. The molecule has 0 saturated heterocycles. The summed E-state index contributed by atoms with van der Waals surface area (Å²) in [6.45, 7) is 2.02. The summed E-state index contributed by atoms with van der Waals surface area (Å²) in [5, 5.41) is 0. The lowest BCUT2D eigenvalue weighted by Crippen LogP contribution is -1.96. The van der Waals surface area contributed by atoms with Crippen LogP contribution in [0.2, 0.25) is 0 Å². The van der Waals surface area contributed by atoms with Gasteiger partial charge in [-0.25, -0.2) is 0 Å².